The van der Waals surface area contributed by atoms with E-state index in [4.69, 9.17) is 23.2 Å². The molecule has 0 N–H and O–H groups in total. The number of hydrogen-bond donors (Lipinski definition) is 0. The minimum atomic E-state index is -0.462. The Balaban J connectivity index is 2.19. The van der Waals surface area contributed by atoms with Crippen molar-refractivity contribution in [2.75, 3.05) is 4.90 Å². The van der Waals surface area contributed by atoms with Crippen LogP contribution in [0, 0.1) is 5.41 Å². The molecule has 0 radical (unpaired) electrons. The van der Waals surface area contributed by atoms with Crippen LogP contribution in [0.5, 0.6) is 0 Å². The smallest absolute Gasteiger partial charge is 0.232 e. The second kappa shape index (κ2) is 8.69. The summed E-state index contributed by atoms with van der Waals surface area (Å²) in [4.78, 5) is 15.8. The molecule has 0 spiro atoms. The Morgan fingerprint density at radius 1 is 1.08 bits per heavy atom. The SMILES string of the molecule is CC(C)N(C(=O)C(C)(C)C)c1ccc(CSc2ccc(Cl)cc2)cc1Cl. The Bertz CT molecular complexity index is 767. The lowest BCUT2D eigenvalue weighted by atomic mass is 9.93. The number of rotatable bonds is 5. The summed E-state index contributed by atoms with van der Waals surface area (Å²) in [5.41, 5.74) is 1.42. The zero-order valence-corrected chi connectivity index (χ0v) is 18.2. The van der Waals surface area contributed by atoms with Crippen molar-refractivity contribution < 1.29 is 4.79 Å². The molecule has 0 aliphatic carbocycles. The van der Waals surface area contributed by atoms with Gasteiger partial charge >= 0.3 is 0 Å². The predicted molar refractivity (Wildman–Crippen MR) is 115 cm³/mol. The number of hydrogen-bond acceptors (Lipinski definition) is 2. The molecule has 2 aromatic carbocycles. The van der Waals surface area contributed by atoms with Crippen molar-refractivity contribution in [2.45, 2.75) is 51.3 Å². The van der Waals surface area contributed by atoms with Gasteiger partial charge in [0.1, 0.15) is 0 Å². The van der Waals surface area contributed by atoms with E-state index >= 15 is 0 Å². The van der Waals surface area contributed by atoms with Crippen LogP contribution in [0.15, 0.2) is 47.4 Å². The minimum absolute atomic E-state index is 0.0357. The van der Waals surface area contributed by atoms with E-state index in [1.54, 1.807) is 16.7 Å². The normalized spacial score (nSPS) is 11.7. The summed E-state index contributed by atoms with van der Waals surface area (Å²) in [6, 6.07) is 13.8. The van der Waals surface area contributed by atoms with Gasteiger partial charge in [0.25, 0.3) is 0 Å². The zero-order chi connectivity index (χ0) is 19.5. The Kier molecular flexibility index (Phi) is 7.06. The van der Waals surface area contributed by atoms with E-state index in [0.29, 0.717) is 5.02 Å². The number of benzene rings is 2. The molecule has 0 saturated heterocycles. The highest BCUT2D eigenvalue weighted by Gasteiger charge is 2.31. The molecule has 0 unspecified atom stereocenters. The van der Waals surface area contributed by atoms with E-state index in [-0.39, 0.29) is 11.9 Å². The minimum Gasteiger partial charge on any atom is -0.308 e. The maximum Gasteiger partial charge on any atom is 0.232 e. The molecule has 140 valence electrons. The van der Waals surface area contributed by atoms with Gasteiger partial charge in [-0.15, -0.1) is 11.8 Å². The first kappa shape index (κ1) is 21.1. The van der Waals surface area contributed by atoms with Crippen molar-refractivity contribution >= 4 is 46.6 Å². The third-order valence-electron chi connectivity index (χ3n) is 3.87. The van der Waals surface area contributed by atoms with Crippen LogP contribution in [0.25, 0.3) is 0 Å². The molecule has 2 aromatic rings. The highest BCUT2D eigenvalue weighted by Crippen LogP contribution is 2.33. The zero-order valence-electron chi connectivity index (χ0n) is 15.8. The van der Waals surface area contributed by atoms with Gasteiger partial charge in [0.2, 0.25) is 5.91 Å². The molecule has 0 fully saturated rings. The molecule has 0 atom stereocenters. The molecular formula is C21H25Cl2NOS. The number of carbonyl (C=O) groups is 1. The van der Waals surface area contributed by atoms with Crippen LogP contribution in [-0.2, 0) is 10.5 Å². The van der Waals surface area contributed by atoms with Gasteiger partial charge in [-0.25, -0.2) is 0 Å². The van der Waals surface area contributed by atoms with E-state index in [1.807, 2.05) is 77.1 Å². The lowest BCUT2D eigenvalue weighted by Gasteiger charge is -2.33. The van der Waals surface area contributed by atoms with Gasteiger partial charge in [0, 0.05) is 27.1 Å². The van der Waals surface area contributed by atoms with Crippen molar-refractivity contribution in [3.63, 3.8) is 0 Å². The largest absolute Gasteiger partial charge is 0.308 e. The average molecular weight is 410 g/mol. The topological polar surface area (TPSA) is 20.3 Å². The summed E-state index contributed by atoms with van der Waals surface area (Å²) in [6.45, 7) is 9.79. The van der Waals surface area contributed by atoms with Crippen molar-refractivity contribution in [3.8, 4) is 0 Å². The molecule has 5 heteroatoms. The summed E-state index contributed by atoms with van der Waals surface area (Å²) < 4.78 is 0. The molecule has 2 nitrogen and oxygen atoms in total. The molecule has 0 bridgehead atoms. The summed E-state index contributed by atoms with van der Waals surface area (Å²) >= 11 is 14.2. The lowest BCUT2D eigenvalue weighted by molar-refractivity contribution is -0.126. The Morgan fingerprint density at radius 3 is 2.19 bits per heavy atom. The van der Waals surface area contributed by atoms with Gasteiger partial charge < -0.3 is 4.90 Å². The van der Waals surface area contributed by atoms with Crippen LogP contribution in [0.3, 0.4) is 0 Å². The van der Waals surface area contributed by atoms with Crippen molar-refractivity contribution in [2.24, 2.45) is 5.41 Å². The fourth-order valence-corrected chi connectivity index (χ4v) is 3.78. The number of thioether (sulfide) groups is 1. The number of anilines is 1. The van der Waals surface area contributed by atoms with E-state index in [1.165, 1.54) is 0 Å². The number of halogens is 2. The van der Waals surface area contributed by atoms with Crippen LogP contribution in [0.2, 0.25) is 10.0 Å². The molecule has 1 amide bonds. The predicted octanol–water partition coefficient (Wildman–Crippen LogP) is 7.07. The first-order chi connectivity index (χ1) is 12.1. The van der Waals surface area contributed by atoms with E-state index in [2.05, 4.69) is 0 Å². The van der Waals surface area contributed by atoms with Crippen LogP contribution in [-0.4, -0.2) is 11.9 Å². The van der Waals surface area contributed by atoms with E-state index in [0.717, 1.165) is 26.9 Å². The fraction of sp³-hybridized carbons (Fsp3) is 0.381. The van der Waals surface area contributed by atoms with E-state index in [9.17, 15) is 4.79 Å². The molecule has 26 heavy (non-hydrogen) atoms. The number of amides is 1. The summed E-state index contributed by atoms with van der Waals surface area (Å²) in [5.74, 6) is 0.869. The highest BCUT2D eigenvalue weighted by molar-refractivity contribution is 7.98. The monoisotopic (exact) mass is 409 g/mol. The fourth-order valence-electron chi connectivity index (χ4n) is 2.52. The Labute approximate surface area is 170 Å². The van der Waals surface area contributed by atoms with Crippen LogP contribution >= 0.6 is 35.0 Å². The van der Waals surface area contributed by atoms with Crippen molar-refractivity contribution in [1.29, 1.82) is 0 Å². The summed E-state index contributed by atoms with van der Waals surface area (Å²) in [7, 11) is 0. The number of carbonyl (C=O) groups excluding carboxylic acids is 1. The molecule has 0 aliphatic heterocycles. The Hall–Kier alpha value is -1.16. The average Bonchev–Trinajstić information content (AvgIpc) is 2.55. The van der Waals surface area contributed by atoms with E-state index < -0.39 is 5.41 Å². The van der Waals surface area contributed by atoms with Gasteiger partial charge in [-0.2, -0.15) is 0 Å². The van der Waals surface area contributed by atoms with Gasteiger partial charge in [-0.3, -0.25) is 4.79 Å². The van der Waals surface area contributed by atoms with Crippen LogP contribution in [0.1, 0.15) is 40.2 Å². The van der Waals surface area contributed by atoms with Crippen LogP contribution < -0.4 is 4.90 Å². The van der Waals surface area contributed by atoms with Gasteiger partial charge in [-0.05, 0) is 55.8 Å². The van der Waals surface area contributed by atoms with Crippen LogP contribution in [0.4, 0.5) is 5.69 Å². The lowest BCUT2D eigenvalue weighted by Crippen LogP contribution is -2.44. The van der Waals surface area contributed by atoms with Gasteiger partial charge in [-0.1, -0.05) is 50.0 Å². The molecule has 0 aliphatic rings. The number of nitrogens with zero attached hydrogens (tertiary/aromatic N) is 1. The first-order valence-electron chi connectivity index (χ1n) is 8.60. The molecule has 2 rings (SSSR count). The van der Waals surface area contributed by atoms with Crippen molar-refractivity contribution in [1.82, 2.24) is 0 Å². The third kappa shape index (κ3) is 5.42. The standard InChI is InChI=1S/C21H25Cl2NOS/c1-14(2)24(20(25)21(3,4)5)19-11-6-15(12-18(19)23)13-26-17-9-7-16(22)8-10-17/h6-12,14H,13H2,1-5H3. The summed E-state index contributed by atoms with van der Waals surface area (Å²) in [6.07, 6.45) is 0. The highest BCUT2D eigenvalue weighted by atomic mass is 35.5. The second-order valence-electron chi connectivity index (χ2n) is 7.55. The third-order valence-corrected chi connectivity index (χ3v) is 5.51. The quantitative estimate of drug-likeness (QED) is 0.491. The van der Waals surface area contributed by atoms with Crippen molar-refractivity contribution in [3.05, 3.63) is 58.1 Å². The molecule has 0 heterocycles. The molecule has 0 saturated carbocycles. The second-order valence-corrected chi connectivity index (χ2v) is 9.44. The maximum atomic E-state index is 12.8. The van der Waals surface area contributed by atoms with Gasteiger partial charge in [0.05, 0.1) is 10.7 Å². The Morgan fingerprint density at radius 2 is 1.69 bits per heavy atom. The maximum absolute atomic E-state index is 12.8. The summed E-state index contributed by atoms with van der Waals surface area (Å²) in [5, 5.41) is 1.34. The molecule has 0 aromatic heterocycles. The molecular weight excluding hydrogens is 385 g/mol. The van der Waals surface area contributed by atoms with Gasteiger partial charge in [0.15, 0.2) is 0 Å². The first-order valence-corrected chi connectivity index (χ1v) is 10.3.